The summed E-state index contributed by atoms with van der Waals surface area (Å²) < 4.78 is 0. The maximum absolute atomic E-state index is 12.2. The average molecular weight is 381 g/mol. The van der Waals surface area contributed by atoms with Crippen LogP contribution in [0.25, 0.3) is 0 Å². The minimum Gasteiger partial charge on any atom is -0.481 e. The Bertz CT molecular complexity index is 535. The molecular weight excluding hydrogens is 344 g/mol. The van der Waals surface area contributed by atoms with Gasteiger partial charge in [-0.1, -0.05) is 57.9 Å². The van der Waals surface area contributed by atoms with Gasteiger partial charge in [0.05, 0.1) is 12.2 Å². The standard InChI is InChI=1S/C22H36O5/c1-4-5-14-22(2,3)20(25)13-12-17-16(18(23)15-19(17)24)10-8-6-7-9-11-21(26)27/h6,8,12-13,16-17,19-20,24-25H,4-5,7,9-11,14-15H2,1-3H3,(H,26,27)/t16-,17+,19+,20+/m0/s1. The highest BCUT2D eigenvalue weighted by Gasteiger charge is 2.39. The number of rotatable bonds is 12. The molecule has 1 rings (SSSR count). The Morgan fingerprint density at radius 1 is 1.30 bits per heavy atom. The van der Waals surface area contributed by atoms with Gasteiger partial charge in [-0.05, 0) is 31.1 Å². The molecule has 154 valence electrons. The number of hydrogen-bond donors (Lipinski definition) is 3. The summed E-state index contributed by atoms with van der Waals surface area (Å²) in [5.74, 6) is -1.31. The van der Waals surface area contributed by atoms with Crippen molar-refractivity contribution in [2.75, 3.05) is 0 Å². The Balaban J connectivity index is 2.63. The highest BCUT2D eigenvalue weighted by Crippen LogP contribution is 2.35. The summed E-state index contributed by atoms with van der Waals surface area (Å²) in [5.41, 5.74) is -0.236. The van der Waals surface area contributed by atoms with Crippen LogP contribution in [0.15, 0.2) is 24.3 Å². The molecule has 0 saturated heterocycles. The average Bonchev–Trinajstić information content (AvgIpc) is 2.86. The van der Waals surface area contributed by atoms with E-state index in [1.54, 1.807) is 6.08 Å². The lowest BCUT2D eigenvalue weighted by atomic mass is 9.80. The number of aliphatic carboxylic acids is 1. The molecule has 0 heterocycles. The van der Waals surface area contributed by atoms with E-state index in [1.165, 1.54) is 0 Å². The summed E-state index contributed by atoms with van der Waals surface area (Å²) in [7, 11) is 0. The molecule has 1 fully saturated rings. The molecule has 1 aliphatic rings. The summed E-state index contributed by atoms with van der Waals surface area (Å²) in [6, 6.07) is 0. The lowest BCUT2D eigenvalue weighted by Crippen LogP contribution is -2.28. The Labute approximate surface area is 163 Å². The van der Waals surface area contributed by atoms with E-state index in [2.05, 4.69) is 6.92 Å². The molecule has 5 heteroatoms. The van der Waals surface area contributed by atoms with Crippen LogP contribution in [0.1, 0.15) is 72.1 Å². The smallest absolute Gasteiger partial charge is 0.303 e. The van der Waals surface area contributed by atoms with E-state index in [1.807, 2.05) is 32.1 Å². The lowest BCUT2D eigenvalue weighted by Gasteiger charge is -2.29. The number of carbonyl (C=O) groups is 2. The first-order valence-corrected chi connectivity index (χ1v) is 10.1. The van der Waals surface area contributed by atoms with Crippen LogP contribution in [0.5, 0.6) is 0 Å². The van der Waals surface area contributed by atoms with E-state index in [9.17, 15) is 19.8 Å². The van der Waals surface area contributed by atoms with Crippen molar-refractivity contribution in [3.05, 3.63) is 24.3 Å². The number of carboxylic acid groups (broad SMARTS) is 1. The first kappa shape index (κ1) is 23.6. The van der Waals surface area contributed by atoms with Crippen molar-refractivity contribution in [1.82, 2.24) is 0 Å². The number of Topliss-reactive ketones (excluding diaryl/α,β-unsaturated/α-hetero) is 1. The zero-order chi connectivity index (χ0) is 20.4. The molecule has 0 spiro atoms. The molecule has 4 atom stereocenters. The van der Waals surface area contributed by atoms with Crippen LogP contribution in [0.3, 0.4) is 0 Å². The zero-order valence-electron chi connectivity index (χ0n) is 16.9. The number of allylic oxidation sites excluding steroid dienone is 2. The van der Waals surface area contributed by atoms with E-state index in [-0.39, 0.29) is 35.9 Å². The molecule has 5 nitrogen and oxygen atoms in total. The van der Waals surface area contributed by atoms with Gasteiger partial charge < -0.3 is 15.3 Å². The monoisotopic (exact) mass is 380 g/mol. The molecule has 0 bridgehead atoms. The van der Waals surface area contributed by atoms with Gasteiger partial charge in [-0.3, -0.25) is 9.59 Å². The highest BCUT2D eigenvalue weighted by molar-refractivity contribution is 5.84. The van der Waals surface area contributed by atoms with E-state index in [0.717, 1.165) is 19.3 Å². The van der Waals surface area contributed by atoms with Gasteiger partial charge >= 0.3 is 5.97 Å². The molecule has 0 aromatic carbocycles. The Kier molecular flexibility index (Phi) is 9.95. The summed E-state index contributed by atoms with van der Waals surface area (Å²) in [4.78, 5) is 22.7. The third-order valence-corrected chi connectivity index (χ3v) is 5.54. The van der Waals surface area contributed by atoms with E-state index < -0.39 is 18.2 Å². The van der Waals surface area contributed by atoms with Crippen molar-refractivity contribution < 1.29 is 24.9 Å². The van der Waals surface area contributed by atoms with Gasteiger partial charge in [-0.25, -0.2) is 0 Å². The normalized spacial score (nSPS) is 24.9. The molecule has 1 saturated carbocycles. The first-order chi connectivity index (χ1) is 12.7. The maximum atomic E-state index is 12.2. The predicted molar refractivity (Wildman–Crippen MR) is 106 cm³/mol. The van der Waals surface area contributed by atoms with Gasteiger partial charge in [-0.15, -0.1) is 0 Å². The number of aliphatic hydroxyl groups excluding tert-OH is 2. The van der Waals surface area contributed by atoms with Gasteiger partial charge in [0.25, 0.3) is 0 Å². The summed E-state index contributed by atoms with van der Waals surface area (Å²) >= 11 is 0. The second kappa shape index (κ2) is 11.4. The quantitative estimate of drug-likeness (QED) is 0.353. The van der Waals surface area contributed by atoms with Gasteiger partial charge in [0, 0.05) is 24.7 Å². The summed E-state index contributed by atoms with van der Waals surface area (Å²) in [5, 5.41) is 29.4. The lowest BCUT2D eigenvalue weighted by molar-refractivity contribution is -0.137. The van der Waals surface area contributed by atoms with E-state index >= 15 is 0 Å². The van der Waals surface area contributed by atoms with Crippen molar-refractivity contribution in [3.8, 4) is 0 Å². The Hall–Kier alpha value is -1.46. The van der Waals surface area contributed by atoms with E-state index in [4.69, 9.17) is 5.11 Å². The third-order valence-electron chi connectivity index (χ3n) is 5.54. The zero-order valence-corrected chi connectivity index (χ0v) is 16.9. The number of carbonyl (C=O) groups excluding carboxylic acids is 1. The van der Waals surface area contributed by atoms with Crippen LogP contribution in [-0.2, 0) is 9.59 Å². The largest absolute Gasteiger partial charge is 0.481 e. The van der Waals surface area contributed by atoms with Gasteiger partial charge in [0.2, 0.25) is 0 Å². The minimum absolute atomic E-state index is 0.0482. The fourth-order valence-electron chi connectivity index (χ4n) is 3.53. The third kappa shape index (κ3) is 7.97. The first-order valence-electron chi connectivity index (χ1n) is 10.1. The number of carboxylic acids is 1. The molecule has 3 N–H and O–H groups in total. The van der Waals surface area contributed by atoms with Crippen molar-refractivity contribution in [2.24, 2.45) is 17.3 Å². The Morgan fingerprint density at radius 3 is 2.63 bits per heavy atom. The molecule has 1 aliphatic carbocycles. The number of ketones is 1. The number of hydrogen-bond acceptors (Lipinski definition) is 4. The molecule has 0 aromatic heterocycles. The Morgan fingerprint density at radius 2 is 2.00 bits per heavy atom. The molecule has 0 aromatic rings. The fraction of sp³-hybridized carbons (Fsp3) is 0.727. The van der Waals surface area contributed by atoms with Crippen LogP contribution >= 0.6 is 0 Å². The SMILES string of the molecule is CCCCC(C)(C)[C@H](O)C=C[C@H]1[C@H](O)CC(=O)[C@H]1CC=CCCCC(=O)O. The summed E-state index contributed by atoms with van der Waals surface area (Å²) in [6.07, 6.45) is 11.2. The van der Waals surface area contributed by atoms with Crippen LogP contribution in [0.4, 0.5) is 0 Å². The molecule has 0 amide bonds. The van der Waals surface area contributed by atoms with Crippen molar-refractivity contribution >= 4 is 11.8 Å². The maximum Gasteiger partial charge on any atom is 0.303 e. The van der Waals surface area contributed by atoms with Crippen molar-refractivity contribution in [3.63, 3.8) is 0 Å². The molecule has 27 heavy (non-hydrogen) atoms. The van der Waals surface area contributed by atoms with Crippen LogP contribution in [0, 0.1) is 17.3 Å². The highest BCUT2D eigenvalue weighted by atomic mass is 16.4. The second-order valence-electron chi connectivity index (χ2n) is 8.34. The topological polar surface area (TPSA) is 94.8 Å². The number of unbranched alkanes of at least 4 members (excludes halogenated alkanes) is 2. The van der Waals surface area contributed by atoms with Gasteiger partial charge in [0.1, 0.15) is 5.78 Å². The van der Waals surface area contributed by atoms with E-state index in [0.29, 0.717) is 19.3 Å². The van der Waals surface area contributed by atoms with Crippen LogP contribution in [-0.4, -0.2) is 39.3 Å². The van der Waals surface area contributed by atoms with Gasteiger partial charge in [-0.2, -0.15) is 0 Å². The molecule has 0 unspecified atom stereocenters. The van der Waals surface area contributed by atoms with Crippen molar-refractivity contribution in [2.45, 2.75) is 84.3 Å². The molecule has 0 aliphatic heterocycles. The number of aliphatic hydroxyl groups is 2. The van der Waals surface area contributed by atoms with Crippen molar-refractivity contribution in [1.29, 1.82) is 0 Å². The van der Waals surface area contributed by atoms with Crippen LogP contribution < -0.4 is 0 Å². The molecular formula is C22H36O5. The predicted octanol–water partition coefficient (Wildman–Crippen LogP) is 3.89. The fourth-order valence-corrected chi connectivity index (χ4v) is 3.53. The molecule has 0 radical (unpaired) electrons. The van der Waals surface area contributed by atoms with Crippen LogP contribution in [0.2, 0.25) is 0 Å². The van der Waals surface area contributed by atoms with Gasteiger partial charge in [0.15, 0.2) is 0 Å². The second-order valence-corrected chi connectivity index (χ2v) is 8.34. The summed E-state index contributed by atoms with van der Waals surface area (Å²) in [6.45, 7) is 6.19. The minimum atomic E-state index is -0.803.